The van der Waals surface area contributed by atoms with Gasteiger partial charge in [-0.15, -0.1) is 0 Å². The van der Waals surface area contributed by atoms with E-state index < -0.39 is 42.1 Å². The number of ether oxygens (including phenoxy) is 2. The SMILES string of the molecule is COc1cccc(NC(=O)Nc2cccc(OS(=O)(=O)c3cccc(S(=O)(=O)Oc4cccc(NC(=O)Nc5cccc(OC)c5)c4)c3)c2)c1. The summed E-state index contributed by atoms with van der Waals surface area (Å²) in [6, 6.07) is 27.8. The molecule has 0 fully saturated rings. The van der Waals surface area contributed by atoms with Gasteiger partial charge in [0.15, 0.2) is 0 Å². The van der Waals surface area contributed by atoms with E-state index in [-0.39, 0.29) is 22.9 Å². The highest BCUT2D eigenvalue weighted by Crippen LogP contribution is 2.27. The van der Waals surface area contributed by atoms with Crippen molar-refractivity contribution in [1.82, 2.24) is 0 Å². The Labute approximate surface area is 288 Å². The van der Waals surface area contributed by atoms with Gasteiger partial charge in [-0.3, -0.25) is 0 Å². The Hall–Kier alpha value is -6.26. The van der Waals surface area contributed by atoms with Gasteiger partial charge in [-0.1, -0.05) is 30.3 Å². The van der Waals surface area contributed by atoms with Crippen molar-refractivity contribution in [3.63, 3.8) is 0 Å². The van der Waals surface area contributed by atoms with Crippen molar-refractivity contribution in [3.8, 4) is 23.0 Å². The van der Waals surface area contributed by atoms with E-state index in [9.17, 15) is 26.4 Å². The van der Waals surface area contributed by atoms with E-state index in [1.165, 1.54) is 68.8 Å². The van der Waals surface area contributed by atoms with Crippen LogP contribution in [0.3, 0.4) is 0 Å². The van der Waals surface area contributed by atoms with E-state index in [1.807, 2.05) is 0 Å². The molecule has 14 nitrogen and oxygen atoms in total. The number of hydrogen-bond acceptors (Lipinski definition) is 10. The lowest BCUT2D eigenvalue weighted by molar-refractivity contribution is 0.261. The molecule has 0 saturated carbocycles. The lowest BCUT2D eigenvalue weighted by atomic mass is 10.3. The summed E-state index contributed by atoms with van der Waals surface area (Å²) < 4.78 is 73.4. The summed E-state index contributed by atoms with van der Waals surface area (Å²) in [4.78, 5) is 24.1. The zero-order valence-electron chi connectivity index (χ0n) is 26.4. The molecule has 0 aliphatic heterocycles. The average Bonchev–Trinajstić information content (AvgIpc) is 3.08. The minimum atomic E-state index is -4.55. The molecule has 50 heavy (non-hydrogen) atoms. The van der Waals surface area contributed by atoms with Crippen LogP contribution in [-0.4, -0.2) is 43.1 Å². The predicted molar refractivity (Wildman–Crippen MR) is 186 cm³/mol. The number of amides is 4. The van der Waals surface area contributed by atoms with Crippen LogP contribution >= 0.6 is 0 Å². The fraction of sp³-hybridized carbons (Fsp3) is 0.0588. The topological polar surface area (TPSA) is 187 Å². The van der Waals surface area contributed by atoms with Crippen LogP contribution in [0.2, 0.25) is 0 Å². The highest BCUT2D eigenvalue weighted by atomic mass is 32.2. The summed E-state index contributed by atoms with van der Waals surface area (Å²) in [6.07, 6.45) is 0. The molecule has 4 amide bonds. The van der Waals surface area contributed by atoms with Crippen LogP contribution in [0.25, 0.3) is 0 Å². The van der Waals surface area contributed by atoms with Crippen molar-refractivity contribution in [2.75, 3.05) is 35.5 Å². The van der Waals surface area contributed by atoms with Crippen molar-refractivity contribution in [3.05, 3.63) is 121 Å². The van der Waals surface area contributed by atoms with Gasteiger partial charge in [0.25, 0.3) is 0 Å². The first-order chi connectivity index (χ1) is 23.9. The Bertz CT molecular complexity index is 2090. The zero-order valence-corrected chi connectivity index (χ0v) is 28.1. The number of hydrogen-bond donors (Lipinski definition) is 4. The first kappa shape index (κ1) is 35.1. The first-order valence-corrected chi connectivity index (χ1v) is 17.4. The van der Waals surface area contributed by atoms with E-state index >= 15 is 0 Å². The van der Waals surface area contributed by atoms with Gasteiger partial charge in [-0.2, -0.15) is 16.8 Å². The van der Waals surface area contributed by atoms with E-state index in [4.69, 9.17) is 17.8 Å². The van der Waals surface area contributed by atoms with Crippen LogP contribution in [0.1, 0.15) is 0 Å². The van der Waals surface area contributed by atoms with Gasteiger partial charge in [-0.05, 0) is 66.7 Å². The van der Waals surface area contributed by atoms with Crippen molar-refractivity contribution in [2.24, 2.45) is 0 Å². The highest BCUT2D eigenvalue weighted by molar-refractivity contribution is 7.88. The number of nitrogens with one attached hydrogen (secondary N) is 4. The van der Waals surface area contributed by atoms with E-state index in [0.29, 0.717) is 22.9 Å². The largest absolute Gasteiger partial charge is 0.497 e. The maximum absolute atomic E-state index is 13.2. The standard InChI is InChI=1S/C34H30N4O10S2/c1-45-27-12-3-8-23(18-27)35-33(39)37-25-10-5-14-29(20-25)47-49(41,42)31-16-7-17-32(22-31)50(43,44)48-30-15-6-11-26(21-30)38-34(40)36-24-9-4-13-28(19-24)46-2/h3-22H,1-2H3,(H2,35,37,39)(H2,36,38,40). The maximum atomic E-state index is 13.2. The molecule has 4 N–H and O–H groups in total. The molecule has 258 valence electrons. The first-order valence-electron chi connectivity index (χ1n) is 14.6. The van der Waals surface area contributed by atoms with Gasteiger partial charge < -0.3 is 39.1 Å². The summed E-state index contributed by atoms with van der Waals surface area (Å²) in [5.74, 6) is 0.795. The Morgan fingerprint density at radius 3 is 1.08 bits per heavy atom. The maximum Gasteiger partial charge on any atom is 0.339 e. The minimum absolute atomic E-state index is 0.145. The third-order valence-electron chi connectivity index (χ3n) is 6.63. The summed E-state index contributed by atoms with van der Waals surface area (Å²) in [7, 11) is -6.10. The molecule has 16 heteroatoms. The summed E-state index contributed by atoms with van der Waals surface area (Å²) in [6.45, 7) is 0. The molecule has 0 heterocycles. The molecule has 0 spiro atoms. The van der Waals surface area contributed by atoms with Crippen LogP contribution in [0.15, 0.2) is 131 Å². The summed E-state index contributed by atoms with van der Waals surface area (Å²) >= 11 is 0. The van der Waals surface area contributed by atoms with E-state index in [1.54, 1.807) is 48.5 Å². The molecule has 0 atom stereocenters. The van der Waals surface area contributed by atoms with Gasteiger partial charge in [0.05, 0.1) is 14.2 Å². The monoisotopic (exact) mass is 718 g/mol. The van der Waals surface area contributed by atoms with Gasteiger partial charge in [0.2, 0.25) is 0 Å². The fourth-order valence-electron chi connectivity index (χ4n) is 4.37. The summed E-state index contributed by atoms with van der Waals surface area (Å²) in [5, 5.41) is 10.4. The molecule has 5 rings (SSSR count). The van der Waals surface area contributed by atoms with Gasteiger partial charge in [0.1, 0.15) is 32.8 Å². The molecule has 5 aromatic rings. The van der Waals surface area contributed by atoms with Crippen molar-refractivity contribution < 1.29 is 44.3 Å². The van der Waals surface area contributed by atoms with Crippen molar-refractivity contribution in [2.45, 2.75) is 9.79 Å². The van der Waals surface area contributed by atoms with Gasteiger partial charge >= 0.3 is 32.3 Å². The number of carbonyl (C=O) groups is 2. The molecule has 0 aliphatic carbocycles. The molecule has 0 aromatic heterocycles. The second-order valence-electron chi connectivity index (χ2n) is 10.2. The quantitative estimate of drug-likeness (QED) is 0.103. The number of carbonyl (C=O) groups excluding carboxylic acids is 2. The van der Waals surface area contributed by atoms with Crippen molar-refractivity contribution >= 4 is 55.0 Å². The van der Waals surface area contributed by atoms with E-state index in [2.05, 4.69) is 21.3 Å². The predicted octanol–water partition coefficient (Wildman–Crippen LogP) is 6.53. The lowest BCUT2D eigenvalue weighted by Crippen LogP contribution is -2.19. The second kappa shape index (κ2) is 15.3. The van der Waals surface area contributed by atoms with E-state index in [0.717, 1.165) is 18.2 Å². The third-order valence-corrected chi connectivity index (χ3v) is 9.12. The Kier molecular flexibility index (Phi) is 10.7. The smallest absolute Gasteiger partial charge is 0.339 e. The third kappa shape index (κ3) is 9.42. The second-order valence-corrected chi connectivity index (χ2v) is 13.3. The molecule has 0 radical (unpaired) electrons. The number of methoxy groups -OCH3 is 2. The molecule has 0 saturated heterocycles. The van der Waals surface area contributed by atoms with Crippen LogP contribution < -0.4 is 39.1 Å². The fourth-order valence-corrected chi connectivity index (χ4v) is 6.39. The van der Waals surface area contributed by atoms with Gasteiger partial charge in [-0.25, -0.2) is 9.59 Å². The number of urea groups is 2. The van der Waals surface area contributed by atoms with Crippen molar-refractivity contribution in [1.29, 1.82) is 0 Å². The van der Waals surface area contributed by atoms with Crippen LogP contribution in [0.5, 0.6) is 23.0 Å². The zero-order chi connectivity index (χ0) is 35.7. The number of rotatable bonds is 12. The normalized spacial score (nSPS) is 11.1. The van der Waals surface area contributed by atoms with Crippen LogP contribution in [-0.2, 0) is 20.2 Å². The molecular formula is C34H30N4O10S2. The minimum Gasteiger partial charge on any atom is -0.497 e. The molecule has 5 aromatic carbocycles. The Balaban J connectivity index is 1.23. The molecule has 0 unspecified atom stereocenters. The highest BCUT2D eigenvalue weighted by Gasteiger charge is 2.23. The Morgan fingerprint density at radius 2 is 0.740 bits per heavy atom. The Morgan fingerprint density at radius 1 is 0.440 bits per heavy atom. The average molecular weight is 719 g/mol. The summed E-state index contributed by atoms with van der Waals surface area (Å²) in [5.41, 5.74) is 1.37. The molecular weight excluding hydrogens is 689 g/mol. The number of benzene rings is 5. The molecule has 0 bridgehead atoms. The van der Waals surface area contributed by atoms with Crippen LogP contribution in [0.4, 0.5) is 32.3 Å². The lowest BCUT2D eigenvalue weighted by Gasteiger charge is -2.12. The van der Waals surface area contributed by atoms with Crippen LogP contribution in [0, 0.1) is 0 Å². The number of anilines is 4. The van der Waals surface area contributed by atoms with Gasteiger partial charge in [0, 0.05) is 47.0 Å². The molecule has 0 aliphatic rings.